The maximum atomic E-state index is 8.81. The van der Waals surface area contributed by atoms with Crippen LogP contribution in [-0.2, 0) is 0 Å². The number of hydrogen-bond donors (Lipinski definition) is 2. The summed E-state index contributed by atoms with van der Waals surface area (Å²) in [5.74, 6) is 0. The highest BCUT2D eigenvalue weighted by Gasteiger charge is 2.23. The first kappa shape index (κ1) is 9.96. The average molecular weight is 172 g/mol. The topological polar surface area (TPSA) is 35.5 Å². The molecule has 1 aliphatic heterocycles. The van der Waals surface area contributed by atoms with Crippen molar-refractivity contribution >= 4 is 0 Å². The lowest BCUT2D eigenvalue weighted by Crippen LogP contribution is -2.45. The molecule has 0 bridgehead atoms. The number of nitrogens with zero attached hydrogens (tertiary/aromatic N) is 1. The van der Waals surface area contributed by atoms with E-state index in [0.29, 0.717) is 12.2 Å². The van der Waals surface area contributed by atoms with Gasteiger partial charge in [-0.1, -0.05) is 0 Å². The van der Waals surface area contributed by atoms with Crippen molar-refractivity contribution in [3.8, 4) is 0 Å². The maximum Gasteiger partial charge on any atom is 0.0600 e. The molecule has 0 aromatic carbocycles. The summed E-state index contributed by atoms with van der Waals surface area (Å²) in [5, 5.41) is 12.3. The van der Waals surface area contributed by atoms with Gasteiger partial charge < -0.3 is 5.11 Å². The number of nitrogens with one attached hydrogen (secondary N) is 1. The van der Waals surface area contributed by atoms with Crippen molar-refractivity contribution in [2.24, 2.45) is 0 Å². The molecule has 0 aromatic heterocycles. The van der Waals surface area contributed by atoms with Crippen molar-refractivity contribution in [3.05, 3.63) is 0 Å². The summed E-state index contributed by atoms with van der Waals surface area (Å²) < 4.78 is 0. The molecule has 1 rings (SSSR count). The Kier molecular flexibility index (Phi) is 3.98. The van der Waals surface area contributed by atoms with Crippen LogP contribution in [0.25, 0.3) is 0 Å². The summed E-state index contributed by atoms with van der Waals surface area (Å²) in [5.41, 5.74) is 0. The molecule has 3 heteroatoms. The van der Waals surface area contributed by atoms with Crippen LogP contribution in [0.3, 0.4) is 0 Å². The van der Waals surface area contributed by atoms with Gasteiger partial charge in [0.05, 0.1) is 12.8 Å². The fraction of sp³-hybridized carbons (Fsp3) is 1.00. The first-order valence-electron chi connectivity index (χ1n) is 4.85. The predicted molar refractivity (Wildman–Crippen MR) is 50.0 cm³/mol. The number of rotatable bonds is 4. The number of likely N-dealkylation sites (tertiary alicyclic amines) is 1. The van der Waals surface area contributed by atoms with E-state index < -0.39 is 0 Å². The second kappa shape index (κ2) is 4.80. The molecule has 0 aromatic rings. The summed E-state index contributed by atoms with van der Waals surface area (Å²) in [6.07, 6.45) is 2.97. The largest absolute Gasteiger partial charge is 0.395 e. The highest BCUT2D eigenvalue weighted by molar-refractivity contribution is 4.77. The molecule has 2 N–H and O–H groups in total. The van der Waals surface area contributed by atoms with Crippen LogP contribution in [0, 0.1) is 0 Å². The van der Waals surface area contributed by atoms with Crippen LogP contribution in [0.4, 0.5) is 0 Å². The van der Waals surface area contributed by atoms with E-state index in [1.165, 1.54) is 12.8 Å². The standard InChI is InChI=1S/C9H20N2O/c1-8(2)10-9-4-3-5-11(9)6-7-12/h8-10,12H,3-7H2,1-2H3/t9-/m1/s1. The molecule has 1 heterocycles. The van der Waals surface area contributed by atoms with Crippen molar-refractivity contribution < 1.29 is 5.11 Å². The minimum atomic E-state index is 0.274. The van der Waals surface area contributed by atoms with Crippen LogP contribution < -0.4 is 5.32 Å². The fourth-order valence-electron chi connectivity index (χ4n) is 1.80. The molecule has 12 heavy (non-hydrogen) atoms. The zero-order valence-corrected chi connectivity index (χ0v) is 8.08. The van der Waals surface area contributed by atoms with E-state index in [4.69, 9.17) is 5.11 Å². The summed E-state index contributed by atoms with van der Waals surface area (Å²) in [6, 6.07) is 0.536. The van der Waals surface area contributed by atoms with E-state index in [9.17, 15) is 0 Å². The molecular formula is C9H20N2O. The zero-order chi connectivity index (χ0) is 8.97. The van der Waals surface area contributed by atoms with Gasteiger partial charge in [-0.05, 0) is 33.2 Å². The van der Waals surface area contributed by atoms with E-state index in [2.05, 4.69) is 24.1 Å². The monoisotopic (exact) mass is 172 g/mol. The minimum Gasteiger partial charge on any atom is -0.395 e. The van der Waals surface area contributed by atoms with Crippen LogP contribution in [0.2, 0.25) is 0 Å². The van der Waals surface area contributed by atoms with Crippen molar-refractivity contribution in [3.63, 3.8) is 0 Å². The van der Waals surface area contributed by atoms with E-state index in [1.807, 2.05) is 0 Å². The molecule has 3 nitrogen and oxygen atoms in total. The van der Waals surface area contributed by atoms with Crippen LogP contribution in [0.15, 0.2) is 0 Å². The van der Waals surface area contributed by atoms with Crippen LogP contribution in [0.5, 0.6) is 0 Å². The third-order valence-corrected chi connectivity index (χ3v) is 2.28. The normalized spacial score (nSPS) is 25.5. The lowest BCUT2D eigenvalue weighted by atomic mass is 10.3. The number of hydrogen-bond acceptors (Lipinski definition) is 3. The summed E-state index contributed by atoms with van der Waals surface area (Å²) in [4.78, 5) is 2.32. The molecule has 72 valence electrons. The lowest BCUT2D eigenvalue weighted by Gasteiger charge is -2.26. The van der Waals surface area contributed by atoms with E-state index in [-0.39, 0.29) is 6.61 Å². The Morgan fingerprint density at radius 3 is 2.92 bits per heavy atom. The third-order valence-electron chi connectivity index (χ3n) is 2.28. The molecule has 0 saturated carbocycles. The number of β-amino-alcohol motifs (C(OH)–C–C–N with tert-alkyl or cyclic N) is 1. The Bertz CT molecular complexity index is 128. The second-order valence-electron chi connectivity index (χ2n) is 3.74. The Morgan fingerprint density at radius 2 is 2.33 bits per heavy atom. The van der Waals surface area contributed by atoms with Crippen molar-refractivity contribution in [1.29, 1.82) is 0 Å². The van der Waals surface area contributed by atoms with Gasteiger partial charge >= 0.3 is 0 Å². The highest BCUT2D eigenvalue weighted by Crippen LogP contribution is 2.14. The Hall–Kier alpha value is -0.120. The third kappa shape index (κ3) is 2.73. The molecule has 0 unspecified atom stereocenters. The molecular weight excluding hydrogens is 152 g/mol. The molecule has 0 radical (unpaired) electrons. The van der Waals surface area contributed by atoms with Gasteiger partial charge in [-0.15, -0.1) is 0 Å². The first-order chi connectivity index (χ1) is 5.74. The van der Waals surface area contributed by atoms with Crippen molar-refractivity contribution in [2.45, 2.75) is 38.9 Å². The van der Waals surface area contributed by atoms with Gasteiger partial charge in [0.25, 0.3) is 0 Å². The van der Waals surface area contributed by atoms with E-state index >= 15 is 0 Å². The lowest BCUT2D eigenvalue weighted by molar-refractivity contribution is 0.160. The zero-order valence-electron chi connectivity index (χ0n) is 8.08. The van der Waals surface area contributed by atoms with Gasteiger partial charge in [0.15, 0.2) is 0 Å². The van der Waals surface area contributed by atoms with Crippen LogP contribution >= 0.6 is 0 Å². The van der Waals surface area contributed by atoms with Crippen LogP contribution in [0.1, 0.15) is 26.7 Å². The average Bonchev–Trinajstić information content (AvgIpc) is 2.37. The Labute approximate surface area is 74.8 Å². The number of aliphatic hydroxyl groups excluding tert-OH is 1. The quantitative estimate of drug-likeness (QED) is 0.644. The van der Waals surface area contributed by atoms with Crippen LogP contribution in [-0.4, -0.2) is 41.9 Å². The molecule has 0 amide bonds. The van der Waals surface area contributed by atoms with Crippen molar-refractivity contribution in [2.75, 3.05) is 19.7 Å². The highest BCUT2D eigenvalue weighted by atomic mass is 16.3. The molecule has 0 aliphatic carbocycles. The van der Waals surface area contributed by atoms with Gasteiger partial charge in [-0.3, -0.25) is 10.2 Å². The van der Waals surface area contributed by atoms with Gasteiger partial charge in [0, 0.05) is 12.6 Å². The van der Waals surface area contributed by atoms with Gasteiger partial charge in [0.1, 0.15) is 0 Å². The SMILES string of the molecule is CC(C)N[C@H]1CCCN1CCO. The molecule has 1 saturated heterocycles. The second-order valence-corrected chi connectivity index (χ2v) is 3.74. The Morgan fingerprint density at radius 1 is 1.58 bits per heavy atom. The molecule has 0 spiro atoms. The van der Waals surface area contributed by atoms with E-state index in [1.54, 1.807) is 0 Å². The van der Waals surface area contributed by atoms with E-state index in [0.717, 1.165) is 13.1 Å². The van der Waals surface area contributed by atoms with Gasteiger partial charge in [-0.2, -0.15) is 0 Å². The molecule has 1 atom stereocenters. The minimum absolute atomic E-state index is 0.274. The number of aliphatic hydroxyl groups is 1. The Balaban J connectivity index is 2.30. The maximum absolute atomic E-state index is 8.81. The predicted octanol–water partition coefficient (Wildman–Crippen LogP) is 0.399. The summed E-state index contributed by atoms with van der Waals surface area (Å²) >= 11 is 0. The summed E-state index contributed by atoms with van der Waals surface area (Å²) in [7, 11) is 0. The molecule has 1 fully saturated rings. The van der Waals surface area contributed by atoms with Gasteiger partial charge in [-0.25, -0.2) is 0 Å². The van der Waals surface area contributed by atoms with Crippen molar-refractivity contribution in [1.82, 2.24) is 10.2 Å². The van der Waals surface area contributed by atoms with Gasteiger partial charge in [0.2, 0.25) is 0 Å². The summed E-state index contributed by atoms with van der Waals surface area (Å²) in [6.45, 7) is 6.54. The first-order valence-corrected chi connectivity index (χ1v) is 4.85. The molecule has 1 aliphatic rings. The fourth-order valence-corrected chi connectivity index (χ4v) is 1.80. The smallest absolute Gasteiger partial charge is 0.0600 e.